The van der Waals surface area contributed by atoms with E-state index >= 15 is 0 Å². The highest BCUT2D eigenvalue weighted by atomic mass is 16.3. The Kier molecular flexibility index (Phi) is 3.51. The van der Waals surface area contributed by atoms with Crippen LogP contribution in [0.25, 0.3) is 0 Å². The van der Waals surface area contributed by atoms with Gasteiger partial charge in [0.1, 0.15) is 5.75 Å². The van der Waals surface area contributed by atoms with Gasteiger partial charge in [0, 0.05) is 17.8 Å². The van der Waals surface area contributed by atoms with E-state index in [-0.39, 0.29) is 6.04 Å². The number of rotatable bonds is 3. The Morgan fingerprint density at radius 3 is 2.30 bits per heavy atom. The summed E-state index contributed by atoms with van der Waals surface area (Å²) in [5.41, 5.74) is 4.80. The number of anilines is 1. The van der Waals surface area contributed by atoms with Crippen LogP contribution in [0.2, 0.25) is 0 Å². The quantitative estimate of drug-likeness (QED) is 0.767. The number of benzene rings is 3. The lowest BCUT2D eigenvalue weighted by molar-refractivity contribution is 0.463. The van der Waals surface area contributed by atoms with Crippen LogP contribution in [0, 0.1) is 0 Å². The Morgan fingerprint density at radius 2 is 1.48 bits per heavy atom. The molecular formula is C21H19NO. The lowest BCUT2D eigenvalue weighted by Gasteiger charge is -2.31. The number of aromatic hydroxyl groups is 1. The fraction of sp³-hybridized carbons (Fsp3) is 0.143. The van der Waals surface area contributed by atoms with Crippen molar-refractivity contribution in [3.8, 4) is 5.75 Å². The molecule has 114 valence electrons. The first-order valence-electron chi connectivity index (χ1n) is 8.02. The maximum Gasteiger partial charge on any atom is 0.121 e. The molecule has 1 aliphatic heterocycles. The van der Waals surface area contributed by atoms with Gasteiger partial charge in [-0.15, -0.1) is 0 Å². The lowest BCUT2D eigenvalue weighted by Crippen LogP contribution is -2.27. The van der Waals surface area contributed by atoms with Crippen LogP contribution in [-0.4, -0.2) is 11.7 Å². The topological polar surface area (TPSA) is 23.5 Å². The van der Waals surface area contributed by atoms with E-state index < -0.39 is 0 Å². The molecule has 1 N–H and O–H groups in total. The van der Waals surface area contributed by atoms with Crippen LogP contribution in [0.15, 0.2) is 78.9 Å². The second-order valence-electron chi connectivity index (χ2n) is 5.94. The minimum Gasteiger partial charge on any atom is -0.508 e. The number of hydrogen-bond donors (Lipinski definition) is 1. The van der Waals surface area contributed by atoms with E-state index in [0.717, 1.165) is 18.5 Å². The number of nitrogens with zero attached hydrogens (tertiary/aromatic N) is 1. The van der Waals surface area contributed by atoms with Crippen molar-refractivity contribution in [2.45, 2.75) is 12.5 Å². The largest absolute Gasteiger partial charge is 0.508 e. The third kappa shape index (κ3) is 2.46. The zero-order valence-electron chi connectivity index (χ0n) is 12.9. The molecule has 1 aliphatic rings. The van der Waals surface area contributed by atoms with Crippen molar-refractivity contribution in [2.75, 3.05) is 11.4 Å². The fourth-order valence-electron chi connectivity index (χ4n) is 3.51. The summed E-state index contributed by atoms with van der Waals surface area (Å²) in [5, 5.41) is 10.4. The Labute approximate surface area is 136 Å². The average Bonchev–Trinajstić information content (AvgIpc) is 3.02. The Bertz CT molecular complexity index is 813. The molecule has 0 amide bonds. The molecule has 2 heteroatoms. The smallest absolute Gasteiger partial charge is 0.121 e. The van der Waals surface area contributed by atoms with E-state index in [0.29, 0.717) is 5.75 Å². The van der Waals surface area contributed by atoms with E-state index in [1.807, 2.05) is 24.3 Å². The summed E-state index contributed by atoms with van der Waals surface area (Å²) >= 11 is 0. The number of fused-ring (bicyclic) bond motifs is 1. The second kappa shape index (κ2) is 5.81. The molecule has 0 saturated heterocycles. The Hall–Kier alpha value is -2.74. The molecule has 0 aliphatic carbocycles. The Morgan fingerprint density at radius 1 is 0.783 bits per heavy atom. The molecule has 2 nitrogen and oxygen atoms in total. The number of phenols is 1. The van der Waals surface area contributed by atoms with Gasteiger partial charge in [-0.2, -0.15) is 0 Å². The molecule has 0 bridgehead atoms. The maximum atomic E-state index is 10.4. The van der Waals surface area contributed by atoms with Crippen molar-refractivity contribution < 1.29 is 5.11 Å². The summed E-state index contributed by atoms with van der Waals surface area (Å²) in [6.07, 6.45) is 1.05. The van der Waals surface area contributed by atoms with Crippen LogP contribution in [0.4, 0.5) is 5.69 Å². The van der Waals surface area contributed by atoms with Crippen molar-refractivity contribution >= 4 is 5.69 Å². The summed E-state index contributed by atoms with van der Waals surface area (Å²) in [7, 11) is 0. The minimum atomic E-state index is 0.0287. The summed E-state index contributed by atoms with van der Waals surface area (Å²) in [5.74, 6) is 0.353. The number of hydrogen-bond acceptors (Lipinski definition) is 2. The SMILES string of the molecule is Oc1ccccc1C(c1ccccc1)N1CCc2ccccc21. The molecule has 4 rings (SSSR count). The molecule has 0 aromatic heterocycles. The minimum absolute atomic E-state index is 0.0287. The molecular weight excluding hydrogens is 282 g/mol. The van der Waals surface area contributed by atoms with Gasteiger partial charge in [-0.3, -0.25) is 0 Å². The molecule has 1 atom stereocenters. The zero-order chi connectivity index (χ0) is 15.6. The van der Waals surface area contributed by atoms with Crippen molar-refractivity contribution in [3.05, 3.63) is 95.6 Å². The van der Waals surface area contributed by atoms with Crippen molar-refractivity contribution in [2.24, 2.45) is 0 Å². The summed E-state index contributed by atoms with van der Waals surface area (Å²) in [6.45, 7) is 0.966. The highest BCUT2D eigenvalue weighted by Gasteiger charge is 2.29. The van der Waals surface area contributed by atoms with Gasteiger partial charge in [0.05, 0.1) is 6.04 Å². The molecule has 23 heavy (non-hydrogen) atoms. The van der Waals surface area contributed by atoms with Crippen LogP contribution in [0.3, 0.4) is 0 Å². The first-order valence-corrected chi connectivity index (χ1v) is 8.02. The van der Waals surface area contributed by atoms with Gasteiger partial charge < -0.3 is 10.0 Å². The molecule has 1 heterocycles. The summed E-state index contributed by atoms with van der Waals surface area (Å²) in [4.78, 5) is 2.40. The number of phenolic OH excluding ortho intramolecular Hbond substituents is 1. The van der Waals surface area contributed by atoms with Gasteiger partial charge in [0.15, 0.2) is 0 Å². The van der Waals surface area contributed by atoms with E-state index in [1.165, 1.54) is 16.8 Å². The van der Waals surface area contributed by atoms with Crippen LogP contribution in [0.1, 0.15) is 22.7 Å². The number of para-hydroxylation sites is 2. The molecule has 0 radical (unpaired) electrons. The summed E-state index contributed by atoms with van der Waals surface area (Å²) < 4.78 is 0. The first kappa shape index (κ1) is 13.9. The molecule has 3 aromatic rings. The van der Waals surface area contributed by atoms with Gasteiger partial charge in [0.2, 0.25) is 0 Å². The zero-order valence-corrected chi connectivity index (χ0v) is 12.9. The average molecular weight is 301 g/mol. The standard InChI is InChI=1S/C21H19NO/c23-20-13-7-5-11-18(20)21(17-9-2-1-3-10-17)22-15-14-16-8-4-6-12-19(16)22/h1-13,21,23H,14-15H2. The van der Waals surface area contributed by atoms with Crippen molar-refractivity contribution in [1.29, 1.82) is 0 Å². The van der Waals surface area contributed by atoms with Gasteiger partial charge >= 0.3 is 0 Å². The molecule has 0 fully saturated rings. The van der Waals surface area contributed by atoms with E-state index in [1.54, 1.807) is 6.07 Å². The van der Waals surface area contributed by atoms with E-state index in [2.05, 4.69) is 53.4 Å². The van der Waals surface area contributed by atoms with Crippen LogP contribution >= 0.6 is 0 Å². The lowest BCUT2D eigenvalue weighted by atomic mass is 9.96. The third-order valence-corrected chi connectivity index (χ3v) is 4.58. The van der Waals surface area contributed by atoms with Gasteiger partial charge in [-0.05, 0) is 29.7 Å². The predicted molar refractivity (Wildman–Crippen MR) is 93.9 cm³/mol. The van der Waals surface area contributed by atoms with Gasteiger partial charge in [0.25, 0.3) is 0 Å². The van der Waals surface area contributed by atoms with Crippen molar-refractivity contribution in [3.63, 3.8) is 0 Å². The highest BCUT2D eigenvalue weighted by Crippen LogP contribution is 2.40. The third-order valence-electron chi connectivity index (χ3n) is 4.58. The molecule has 1 unspecified atom stereocenters. The predicted octanol–water partition coefficient (Wildman–Crippen LogP) is 4.54. The monoisotopic (exact) mass is 301 g/mol. The molecule has 3 aromatic carbocycles. The first-order chi connectivity index (χ1) is 11.3. The fourth-order valence-corrected chi connectivity index (χ4v) is 3.51. The van der Waals surface area contributed by atoms with Gasteiger partial charge in [-0.1, -0.05) is 66.7 Å². The van der Waals surface area contributed by atoms with E-state index in [4.69, 9.17) is 0 Å². The van der Waals surface area contributed by atoms with Crippen LogP contribution < -0.4 is 4.90 Å². The van der Waals surface area contributed by atoms with Crippen LogP contribution in [0.5, 0.6) is 5.75 Å². The molecule has 0 saturated carbocycles. The maximum absolute atomic E-state index is 10.4. The van der Waals surface area contributed by atoms with Crippen LogP contribution in [-0.2, 0) is 6.42 Å². The van der Waals surface area contributed by atoms with Crippen molar-refractivity contribution in [1.82, 2.24) is 0 Å². The summed E-state index contributed by atoms with van der Waals surface area (Å²) in [6, 6.07) is 26.7. The van der Waals surface area contributed by atoms with E-state index in [9.17, 15) is 5.11 Å². The Balaban J connectivity index is 1.86. The normalized spacial score (nSPS) is 14.5. The highest BCUT2D eigenvalue weighted by molar-refractivity contribution is 5.62. The van der Waals surface area contributed by atoms with Gasteiger partial charge in [-0.25, -0.2) is 0 Å². The molecule has 0 spiro atoms. The second-order valence-corrected chi connectivity index (χ2v) is 5.94.